The Morgan fingerprint density at radius 1 is 1.45 bits per heavy atom. The minimum Gasteiger partial charge on any atom is -0.347 e. The Morgan fingerprint density at radius 2 is 2.05 bits per heavy atom. The molecular formula is C11H11BrN2O5S. The Balaban J connectivity index is 3.26. The number of amides is 1. The summed E-state index contributed by atoms with van der Waals surface area (Å²) >= 11 is 3.05. The van der Waals surface area contributed by atoms with Gasteiger partial charge in [-0.1, -0.05) is 22.5 Å². The van der Waals surface area contributed by atoms with Crippen LogP contribution in [0.15, 0.2) is 34.2 Å². The van der Waals surface area contributed by atoms with Crippen LogP contribution in [0.3, 0.4) is 0 Å². The number of hydrogen-bond acceptors (Lipinski definition) is 5. The zero-order valence-corrected chi connectivity index (χ0v) is 12.8. The maximum Gasteiger partial charge on any atom is 0.271 e. The molecular weight excluding hydrogens is 352 g/mol. The Bertz CT molecular complexity index is 684. The van der Waals surface area contributed by atoms with E-state index in [1.54, 1.807) is 0 Å². The average Bonchev–Trinajstić information content (AvgIpc) is 2.34. The van der Waals surface area contributed by atoms with E-state index in [1.165, 1.54) is 0 Å². The molecule has 9 heteroatoms. The van der Waals surface area contributed by atoms with Crippen molar-refractivity contribution in [3.8, 4) is 0 Å². The van der Waals surface area contributed by atoms with Gasteiger partial charge in [-0.15, -0.1) is 0 Å². The molecule has 0 saturated carbocycles. The van der Waals surface area contributed by atoms with Crippen LogP contribution >= 0.6 is 15.9 Å². The van der Waals surface area contributed by atoms with Crippen LogP contribution < -0.4 is 5.32 Å². The molecule has 1 amide bonds. The normalized spacial score (nSPS) is 10.9. The summed E-state index contributed by atoms with van der Waals surface area (Å²) in [5, 5.41) is 13.2. The molecule has 0 unspecified atom stereocenters. The van der Waals surface area contributed by atoms with Crippen molar-refractivity contribution in [3.05, 3.63) is 44.9 Å². The molecule has 0 spiro atoms. The summed E-state index contributed by atoms with van der Waals surface area (Å²) in [6.07, 6.45) is 0.911. The van der Waals surface area contributed by atoms with E-state index in [0.717, 1.165) is 24.5 Å². The predicted octanol–water partition coefficient (Wildman–Crippen LogP) is 1.64. The van der Waals surface area contributed by atoms with E-state index >= 15 is 0 Å². The van der Waals surface area contributed by atoms with Gasteiger partial charge in [-0.05, 0) is 6.07 Å². The SMILES string of the molecule is C=C(Br)CNC(=O)c1cc([N+](=O)[O-])cc(S(C)(=O)=O)c1. The van der Waals surface area contributed by atoms with Crippen LogP contribution in [0.4, 0.5) is 5.69 Å². The van der Waals surface area contributed by atoms with Crippen molar-refractivity contribution in [1.82, 2.24) is 5.32 Å². The van der Waals surface area contributed by atoms with Crippen LogP contribution in [0.2, 0.25) is 0 Å². The highest BCUT2D eigenvalue weighted by Gasteiger charge is 2.18. The minimum absolute atomic E-state index is 0.103. The maximum absolute atomic E-state index is 11.8. The Hall–Kier alpha value is -1.74. The molecule has 108 valence electrons. The number of carbonyl (C=O) groups is 1. The molecule has 0 bridgehead atoms. The van der Waals surface area contributed by atoms with Crippen molar-refractivity contribution in [2.24, 2.45) is 0 Å². The second-order valence-electron chi connectivity index (χ2n) is 3.94. The first kappa shape index (κ1) is 16.3. The molecule has 0 atom stereocenters. The lowest BCUT2D eigenvalue weighted by molar-refractivity contribution is -0.385. The van der Waals surface area contributed by atoms with Gasteiger partial charge in [0.25, 0.3) is 11.6 Å². The molecule has 0 radical (unpaired) electrons. The lowest BCUT2D eigenvalue weighted by Crippen LogP contribution is -2.24. The van der Waals surface area contributed by atoms with Crippen LogP contribution in [-0.4, -0.2) is 32.0 Å². The smallest absolute Gasteiger partial charge is 0.271 e. The first-order chi connectivity index (χ1) is 9.11. The van der Waals surface area contributed by atoms with E-state index < -0.39 is 26.4 Å². The van der Waals surface area contributed by atoms with Gasteiger partial charge >= 0.3 is 0 Å². The molecule has 0 heterocycles. The van der Waals surface area contributed by atoms with E-state index in [9.17, 15) is 23.3 Å². The number of rotatable bonds is 5. The largest absolute Gasteiger partial charge is 0.347 e. The van der Waals surface area contributed by atoms with Crippen LogP contribution in [0.25, 0.3) is 0 Å². The van der Waals surface area contributed by atoms with Crippen molar-refractivity contribution in [3.63, 3.8) is 0 Å². The molecule has 1 aromatic carbocycles. The summed E-state index contributed by atoms with van der Waals surface area (Å²) in [6.45, 7) is 3.64. The zero-order valence-electron chi connectivity index (χ0n) is 10.4. The van der Waals surface area contributed by atoms with E-state index in [-0.39, 0.29) is 17.0 Å². The Labute approximate surface area is 123 Å². The summed E-state index contributed by atoms with van der Waals surface area (Å²) in [5.74, 6) is -0.626. The van der Waals surface area contributed by atoms with Crippen molar-refractivity contribution in [2.45, 2.75) is 4.90 Å². The number of benzene rings is 1. The summed E-state index contributed by atoms with van der Waals surface area (Å²) in [6, 6.07) is 3.02. The molecule has 0 aliphatic carbocycles. The van der Waals surface area contributed by atoms with Crippen LogP contribution in [0, 0.1) is 10.1 Å². The molecule has 7 nitrogen and oxygen atoms in total. The van der Waals surface area contributed by atoms with Gasteiger partial charge in [0, 0.05) is 35.0 Å². The van der Waals surface area contributed by atoms with Crippen molar-refractivity contribution >= 4 is 37.4 Å². The Kier molecular flexibility index (Phi) is 5.01. The molecule has 1 rings (SSSR count). The van der Waals surface area contributed by atoms with E-state index in [4.69, 9.17) is 0 Å². The zero-order chi connectivity index (χ0) is 15.5. The third kappa shape index (κ3) is 4.42. The number of nitrogens with zero attached hydrogens (tertiary/aromatic N) is 1. The standard InChI is InChI=1S/C11H11BrN2O5S/c1-7(12)6-13-11(15)8-3-9(14(16)17)5-10(4-8)20(2,18)19/h3-5H,1,6H2,2H3,(H,13,15). The van der Waals surface area contributed by atoms with Gasteiger partial charge in [-0.2, -0.15) is 0 Å². The molecule has 0 fully saturated rings. The first-order valence-corrected chi connectivity index (χ1v) is 7.90. The van der Waals surface area contributed by atoms with Crippen molar-refractivity contribution in [1.29, 1.82) is 0 Å². The molecule has 0 aliphatic heterocycles. The number of halogens is 1. The molecule has 1 aromatic rings. The first-order valence-electron chi connectivity index (χ1n) is 5.22. The molecule has 20 heavy (non-hydrogen) atoms. The summed E-state index contributed by atoms with van der Waals surface area (Å²) in [7, 11) is -3.66. The third-order valence-electron chi connectivity index (χ3n) is 2.23. The van der Waals surface area contributed by atoms with Gasteiger partial charge < -0.3 is 5.32 Å². The number of carbonyl (C=O) groups excluding carboxylic acids is 1. The van der Waals surface area contributed by atoms with Crippen LogP contribution in [-0.2, 0) is 9.84 Å². The summed E-state index contributed by atoms with van der Waals surface area (Å²) in [5.41, 5.74) is -0.566. The number of hydrogen-bond donors (Lipinski definition) is 1. The maximum atomic E-state index is 11.8. The minimum atomic E-state index is -3.66. The second-order valence-corrected chi connectivity index (χ2v) is 7.08. The lowest BCUT2D eigenvalue weighted by atomic mass is 10.2. The topological polar surface area (TPSA) is 106 Å². The number of nitrogens with one attached hydrogen (secondary N) is 1. The number of nitro benzene ring substituents is 1. The fraction of sp³-hybridized carbons (Fsp3) is 0.182. The van der Waals surface area contributed by atoms with Gasteiger partial charge in [0.2, 0.25) is 0 Å². The van der Waals surface area contributed by atoms with Crippen LogP contribution in [0.5, 0.6) is 0 Å². The van der Waals surface area contributed by atoms with Gasteiger partial charge in [0.05, 0.1) is 9.82 Å². The van der Waals surface area contributed by atoms with Gasteiger partial charge in [-0.3, -0.25) is 14.9 Å². The van der Waals surface area contributed by atoms with Crippen molar-refractivity contribution < 1.29 is 18.1 Å². The highest BCUT2D eigenvalue weighted by molar-refractivity contribution is 9.11. The fourth-order valence-electron chi connectivity index (χ4n) is 1.31. The molecule has 0 aromatic heterocycles. The molecule has 0 saturated heterocycles. The second kappa shape index (κ2) is 6.14. The van der Waals surface area contributed by atoms with Gasteiger partial charge in [0.1, 0.15) is 0 Å². The lowest BCUT2D eigenvalue weighted by Gasteiger charge is -2.06. The third-order valence-corrected chi connectivity index (χ3v) is 3.61. The van der Waals surface area contributed by atoms with Crippen molar-refractivity contribution in [2.75, 3.05) is 12.8 Å². The van der Waals surface area contributed by atoms with E-state index in [0.29, 0.717) is 4.48 Å². The van der Waals surface area contributed by atoms with Crippen LogP contribution in [0.1, 0.15) is 10.4 Å². The quantitative estimate of drug-likeness (QED) is 0.632. The highest BCUT2D eigenvalue weighted by Crippen LogP contribution is 2.21. The predicted molar refractivity (Wildman–Crippen MR) is 76.6 cm³/mol. The highest BCUT2D eigenvalue weighted by atomic mass is 79.9. The van der Waals surface area contributed by atoms with Gasteiger partial charge in [0.15, 0.2) is 9.84 Å². The number of sulfone groups is 1. The molecule has 1 N–H and O–H groups in total. The number of non-ortho nitro benzene ring substituents is 1. The average molecular weight is 363 g/mol. The number of nitro groups is 1. The molecule has 0 aliphatic rings. The van der Waals surface area contributed by atoms with Gasteiger partial charge in [-0.25, -0.2) is 8.42 Å². The monoisotopic (exact) mass is 362 g/mol. The summed E-state index contributed by atoms with van der Waals surface area (Å²) < 4.78 is 23.5. The summed E-state index contributed by atoms with van der Waals surface area (Å²) in [4.78, 5) is 21.6. The fourth-order valence-corrected chi connectivity index (χ4v) is 2.13. The van der Waals surface area contributed by atoms with E-state index in [2.05, 4.69) is 27.8 Å². The Morgan fingerprint density at radius 3 is 2.50 bits per heavy atom. The van der Waals surface area contributed by atoms with E-state index in [1.807, 2.05) is 0 Å².